The van der Waals surface area contributed by atoms with Crippen LogP contribution in [0.2, 0.25) is 0 Å². The molecule has 2 aliphatic heterocycles. The summed E-state index contributed by atoms with van der Waals surface area (Å²) in [6.45, 7) is 12.3. The lowest BCUT2D eigenvalue weighted by Crippen LogP contribution is -2.32. The molecule has 0 radical (unpaired) electrons. The second kappa shape index (κ2) is 6.76. The van der Waals surface area contributed by atoms with Gasteiger partial charge in [-0.05, 0) is 28.5 Å². The number of fused-ring (bicyclic) bond motifs is 1. The number of thioether (sulfide) groups is 1. The lowest BCUT2D eigenvalue weighted by molar-refractivity contribution is 0.376. The smallest absolute Gasteiger partial charge is 0.177 e. The lowest BCUT2D eigenvalue weighted by atomic mass is 9.78. The van der Waals surface area contributed by atoms with Crippen molar-refractivity contribution in [2.24, 2.45) is 5.10 Å². The van der Waals surface area contributed by atoms with Gasteiger partial charge < -0.3 is 5.11 Å². The SMILES string of the molecule is CC(C)(C)c1cc(/C=N\N2C(=N)S[C@H]3CS(=O)(=O)C[C@@H]32)cc(C(C)(C)C)c1O. The second-order valence-corrected chi connectivity index (χ2v) is 13.0. The monoisotopic (exact) mass is 423 g/mol. The molecule has 2 saturated heterocycles. The highest BCUT2D eigenvalue weighted by Crippen LogP contribution is 2.40. The Balaban J connectivity index is 1.99. The van der Waals surface area contributed by atoms with E-state index in [1.807, 2.05) is 12.1 Å². The Morgan fingerprint density at radius 3 is 2.18 bits per heavy atom. The van der Waals surface area contributed by atoms with E-state index in [4.69, 9.17) is 5.41 Å². The van der Waals surface area contributed by atoms with Crippen LogP contribution in [-0.4, -0.2) is 52.7 Å². The van der Waals surface area contributed by atoms with E-state index in [2.05, 4.69) is 46.6 Å². The first-order chi connectivity index (χ1) is 12.7. The molecule has 0 bridgehead atoms. The van der Waals surface area contributed by atoms with E-state index in [9.17, 15) is 13.5 Å². The van der Waals surface area contributed by atoms with Crippen LogP contribution in [0.15, 0.2) is 17.2 Å². The van der Waals surface area contributed by atoms with E-state index in [0.717, 1.165) is 16.7 Å². The maximum Gasteiger partial charge on any atom is 0.177 e. The van der Waals surface area contributed by atoms with Gasteiger partial charge in [0.2, 0.25) is 0 Å². The first-order valence-corrected chi connectivity index (χ1v) is 12.1. The molecule has 0 aromatic heterocycles. The fraction of sp³-hybridized carbons (Fsp3) is 0.600. The summed E-state index contributed by atoms with van der Waals surface area (Å²) in [4.78, 5) is 0. The highest BCUT2D eigenvalue weighted by Gasteiger charge is 2.48. The minimum atomic E-state index is -3.07. The molecule has 3 rings (SSSR count). The van der Waals surface area contributed by atoms with E-state index < -0.39 is 9.84 Å². The summed E-state index contributed by atoms with van der Waals surface area (Å²) in [5.74, 6) is 0.460. The number of rotatable bonds is 2. The standard InChI is InChI=1S/C20H29N3O3S2/c1-19(2,3)13-7-12(8-14(17(13)24)20(4,5)6)9-22-23-15-10-28(25,26)11-16(15)27-18(23)21/h7-9,15-16,21,24H,10-11H2,1-6H3/b21-18?,22-9-/t15-,16-/m0/s1. The molecule has 2 N–H and O–H groups in total. The summed E-state index contributed by atoms with van der Waals surface area (Å²) < 4.78 is 23.9. The first kappa shape index (κ1) is 21.2. The Hall–Kier alpha value is -1.54. The van der Waals surface area contributed by atoms with Crippen LogP contribution in [0.1, 0.15) is 58.2 Å². The molecule has 1 aromatic rings. The summed E-state index contributed by atoms with van der Waals surface area (Å²) in [5, 5.41) is 25.2. The zero-order valence-electron chi connectivity index (χ0n) is 17.3. The minimum absolute atomic E-state index is 0.0421. The van der Waals surface area contributed by atoms with Gasteiger partial charge in [-0.2, -0.15) is 5.10 Å². The molecule has 28 heavy (non-hydrogen) atoms. The van der Waals surface area contributed by atoms with Crippen molar-refractivity contribution >= 4 is 33.0 Å². The molecule has 154 valence electrons. The van der Waals surface area contributed by atoms with Crippen LogP contribution in [0.3, 0.4) is 0 Å². The Kier molecular flexibility index (Phi) is 5.11. The quantitative estimate of drug-likeness (QED) is 0.711. The Morgan fingerprint density at radius 2 is 1.68 bits per heavy atom. The number of phenolic OH excluding ortho intramolecular Hbond substituents is 1. The van der Waals surface area contributed by atoms with Crippen LogP contribution in [-0.2, 0) is 20.7 Å². The molecule has 8 heteroatoms. The Labute approximate surface area is 171 Å². The van der Waals surface area contributed by atoms with E-state index >= 15 is 0 Å². The average molecular weight is 424 g/mol. The van der Waals surface area contributed by atoms with E-state index in [-0.39, 0.29) is 38.8 Å². The number of nitrogens with zero attached hydrogens (tertiary/aromatic N) is 2. The lowest BCUT2D eigenvalue weighted by Gasteiger charge is -2.28. The number of sulfone groups is 1. The van der Waals surface area contributed by atoms with Crippen molar-refractivity contribution in [2.75, 3.05) is 11.5 Å². The van der Waals surface area contributed by atoms with Crippen molar-refractivity contribution in [3.05, 3.63) is 28.8 Å². The topological polar surface area (TPSA) is 93.8 Å². The maximum atomic E-state index is 11.9. The average Bonchev–Trinajstić information content (AvgIpc) is 2.94. The fourth-order valence-electron chi connectivity index (χ4n) is 3.63. The third-order valence-electron chi connectivity index (χ3n) is 5.14. The number of phenols is 1. The van der Waals surface area contributed by atoms with Crippen molar-refractivity contribution in [3.63, 3.8) is 0 Å². The second-order valence-electron chi connectivity index (χ2n) is 9.66. The predicted octanol–water partition coefficient (Wildman–Crippen LogP) is 3.47. The van der Waals surface area contributed by atoms with Gasteiger partial charge in [0.15, 0.2) is 15.0 Å². The zero-order chi connectivity index (χ0) is 21.1. The summed E-state index contributed by atoms with van der Waals surface area (Å²) in [7, 11) is -3.07. The zero-order valence-corrected chi connectivity index (χ0v) is 18.9. The van der Waals surface area contributed by atoms with Crippen LogP contribution >= 0.6 is 11.8 Å². The molecule has 6 nitrogen and oxygen atoms in total. The van der Waals surface area contributed by atoms with Gasteiger partial charge in [0.25, 0.3) is 0 Å². The van der Waals surface area contributed by atoms with Crippen LogP contribution in [0.5, 0.6) is 5.75 Å². The van der Waals surface area contributed by atoms with Crippen LogP contribution in [0.25, 0.3) is 0 Å². The third-order valence-corrected chi connectivity index (χ3v) is 8.26. The fourth-order valence-corrected chi connectivity index (χ4v) is 7.34. The Morgan fingerprint density at radius 1 is 1.14 bits per heavy atom. The molecular formula is C20H29N3O3S2. The van der Waals surface area contributed by atoms with E-state index in [0.29, 0.717) is 5.75 Å². The maximum absolute atomic E-state index is 11.9. The molecule has 0 amide bonds. The van der Waals surface area contributed by atoms with Crippen molar-refractivity contribution in [1.82, 2.24) is 5.01 Å². The number of benzene rings is 1. The number of hydrogen-bond donors (Lipinski definition) is 2. The molecule has 2 heterocycles. The van der Waals surface area contributed by atoms with Crippen molar-refractivity contribution in [2.45, 2.75) is 63.7 Å². The van der Waals surface area contributed by atoms with Crippen molar-refractivity contribution in [3.8, 4) is 5.75 Å². The molecular weight excluding hydrogens is 394 g/mol. The molecule has 2 aliphatic rings. The van der Waals surface area contributed by atoms with Crippen LogP contribution in [0, 0.1) is 5.41 Å². The van der Waals surface area contributed by atoms with E-state index in [1.54, 1.807) is 6.21 Å². The van der Waals surface area contributed by atoms with Gasteiger partial charge in [-0.3, -0.25) is 5.41 Å². The molecule has 0 aliphatic carbocycles. The van der Waals surface area contributed by atoms with Gasteiger partial charge in [-0.15, -0.1) is 0 Å². The van der Waals surface area contributed by atoms with Gasteiger partial charge in [0.05, 0.1) is 23.8 Å². The largest absolute Gasteiger partial charge is 0.507 e. The molecule has 1 aromatic carbocycles. The molecule has 0 spiro atoms. The van der Waals surface area contributed by atoms with E-state index in [1.165, 1.54) is 16.8 Å². The van der Waals surface area contributed by atoms with Crippen molar-refractivity contribution in [1.29, 1.82) is 5.41 Å². The van der Waals surface area contributed by atoms with Gasteiger partial charge in [0.1, 0.15) is 5.75 Å². The molecule has 2 fully saturated rings. The summed E-state index contributed by atoms with van der Waals surface area (Å²) >= 11 is 1.28. The summed E-state index contributed by atoms with van der Waals surface area (Å²) in [6, 6.07) is 3.56. The number of hydrazone groups is 1. The third kappa shape index (κ3) is 4.08. The highest BCUT2D eigenvalue weighted by atomic mass is 32.2. The van der Waals surface area contributed by atoms with Crippen LogP contribution in [0.4, 0.5) is 0 Å². The predicted molar refractivity (Wildman–Crippen MR) is 116 cm³/mol. The molecule has 2 atom stereocenters. The molecule has 0 saturated carbocycles. The number of nitrogens with one attached hydrogen (secondary N) is 1. The van der Waals surface area contributed by atoms with Gasteiger partial charge in [-0.1, -0.05) is 53.3 Å². The Bertz CT molecular complexity index is 905. The summed E-state index contributed by atoms with van der Waals surface area (Å²) in [5.41, 5.74) is 2.03. The number of aromatic hydroxyl groups is 1. The number of amidine groups is 1. The highest BCUT2D eigenvalue weighted by molar-refractivity contribution is 8.15. The summed E-state index contributed by atoms with van der Waals surface area (Å²) in [6.07, 6.45) is 1.67. The van der Waals surface area contributed by atoms with Gasteiger partial charge in [-0.25, -0.2) is 13.4 Å². The minimum Gasteiger partial charge on any atom is -0.507 e. The first-order valence-electron chi connectivity index (χ1n) is 9.36. The normalized spacial score (nSPS) is 24.9. The van der Waals surface area contributed by atoms with Gasteiger partial charge in [0, 0.05) is 16.4 Å². The van der Waals surface area contributed by atoms with Crippen LogP contribution < -0.4 is 0 Å². The number of hydrogen-bond acceptors (Lipinski definition) is 6. The van der Waals surface area contributed by atoms with Gasteiger partial charge >= 0.3 is 0 Å². The molecule has 0 unspecified atom stereocenters. The van der Waals surface area contributed by atoms with Crippen molar-refractivity contribution < 1.29 is 13.5 Å².